The molecule has 6 nitrogen and oxygen atoms in total. The van der Waals surface area contributed by atoms with E-state index >= 15 is 0 Å². The molecule has 3 fully saturated rings. The minimum absolute atomic E-state index is 0.177. The van der Waals surface area contributed by atoms with Crippen LogP contribution in [0.3, 0.4) is 0 Å². The van der Waals surface area contributed by atoms with E-state index < -0.39 is 12.2 Å². The number of piperidine rings is 1. The molecule has 7 heteroatoms. The van der Waals surface area contributed by atoms with Crippen LogP contribution in [0.15, 0.2) is 18.2 Å². The van der Waals surface area contributed by atoms with Crippen LogP contribution in [-0.4, -0.2) is 44.3 Å². The molecule has 2 heterocycles. The highest BCUT2D eigenvalue weighted by Crippen LogP contribution is 2.56. The van der Waals surface area contributed by atoms with Crippen LogP contribution < -0.4 is 15.5 Å². The van der Waals surface area contributed by atoms with Crippen LogP contribution in [0.25, 0.3) is 0 Å². The van der Waals surface area contributed by atoms with E-state index in [1.165, 1.54) is 17.9 Å². The molecular formula is C17H20FN3O3. The first-order valence-electron chi connectivity index (χ1n) is 8.27. The number of nitrogens with zero attached hydrogens (tertiary/aromatic N) is 1. The van der Waals surface area contributed by atoms with Crippen molar-refractivity contribution >= 4 is 17.7 Å². The Morgan fingerprint density at radius 3 is 2.83 bits per heavy atom. The van der Waals surface area contributed by atoms with Crippen molar-refractivity contribution in [3.8, 4) is 0 Å². The van der Waals surface area contributed by atoms with Gasteiger partial charge in [0.2, 0.25) is 5.91 Å². The van der Waals surface area contributed by atoms with Crippen LogP contribution in [0.5, 0.6) is 0 Å². The maximum atomic E-state index is 14.5. The fourth-order valence-electron chi connectivity index (χ4n) is 3.93. The van der Waals surface area contributed by atoms with Gasteiger partial charge in [-0.05, 0) is 48.5 Å². The Morgan fingerprint density at radius 2 is 2.17 bits per heavy atom. The second kappa shape index (κ2) is 5.73. The van der Waals surface area contributed by atoms with Crippen molar-refractivity contribution in [2.45, 2.75) is 18.9 Å². The second-order valence-corrected chi connectivity index (χ2v) is 6.77. The monoisotopic (exact) mass is 333 g/mol. The van der Waals surface area contributed by atoms with Gasteiger partial charge >= 0.3 is 6.09 Å². The Hall–Kier alpha value is -2.15. The van der Waals surface area contributed by atoms with Gasteiger partial charge < -0.3 is 15.4 Å². The Balaban J connectivity index is 1.46. The molecule has 3 aliphatic rings. The molecule has 2 amide bonds. The largest absolute Gasteiger partial charge is 0.442 e. The third-order valence-electron chi connectivity index (χ3n) is 5.20. The summed E-state index contributed by atoms with van der Waals surface area (Å²) in [6.07, 6.45) is -0.928. The number of anilines is 1. The molecule has 1 saturated carbocycles. The number of carbonyl (C=O) groups excluding carboxylic acids is 2. The summed E-state index contributed by atoms with van der Waals surface area (Å²) in [5.41, 5.74) is 1.24. The van der Waals surface area contributed by atoms with Gasteiger partial charge in [0, 0.05) is 6.92 Å². The molecule has 128 valence electrons. The highest BCUT2D eigenvalue weighted by atomic mass is 19.1. The van der Waals surface area contributed by atoms with E-state index in [0.717, 1.165) is 18.7 Å². The Morgan fingerprint density at radius 1 is 1.42 bits per heavy atom. The number of fused-ring (bicyclic) bond motifs is 1. The summed E-state index contributed by atoms with van der Waals surface area (Å²) < 4.78 is 19.7. The van der Waals surface area contributed by atoms with Gasteiger partial charge in [0.1, 0.15) is 11.9 Å². The Kier molecular flexibility index (Phi) is 3.68. The normalized spacial score (nSPS) is 30.9. The molecule has 1 aromatic carbocycles. The van der Waals surface area contributed by atoms with E-state index in [2.05, 4.69) is 10.6 Å². The number of hydrogen-bond acceptors (Lipinski definition) is 4. The lowest BCUT2D eigenvalue weighted by molar-refractivity contribution is -0.119. The van der Waals surface area contributed by atoms with Crippen molar-refractivity contribution in [3.05, 3.63) is 29.6 Å². The number of amides is 2. The van der Waals surface area contributed by atoms with Crippen LogP contribution in [0, 0.1) is 17.7 Å². The molecule has 4 atom stereocenters. The predicted molar refractivity (Wildman–Crippen MR) is 85.3 cm³/mol. The predicted octanol–water partition coefficient (Wildman–Crippen LogP) is 1.22. The Labute approximate surface area is 139 Å². The summed E-state index contributed by atoms with van der Waals surface area (Å²) in [5.74, 6) is 0.959. The summed E-state index contributed by atoms with van der Waals surface area (Å²) in [6.45, 7) is 3.89. The van der Waals surface area contributed by atoms with Crippen LogP contribution in [0.1, 0.15) is 18.4 Å². The van der Waals surface area contributed by atoms with Gasteiger partial charge in [0.25, 0.3) is 0 Å². The van der Waals surface area contributed by atoms with Crippen LogP contribution in [0.2, 0.25) is 0 Å². The molecule has 0 radical (unpaired) electrons. The van der Waals surface area contributed by atoms with Crippen LogP contribution >= 0.6 is 0 Å². The second-order valence-electron chi connectivity index (χ2n) is 6.77. The lowest BCUT2D eigenvalue weighted by Crippen LogP contribution is -2.33. The van der Waals surface area contributed by atoms with Gasteiger partial charge in [-0.25, -0.2) is 9.18 Å². The summed E-state index contributed by atoms with van der Waals surface area (Å²) in [5, 5.41) is 5.93. The van der Waals surface area contributed by atoms with Crippen molar-refractivity contribution in [3.63, 3.8) is 0 Å². The average molecular weight is 333 g/mol. The quantitative estimate of drug-likeness (QED) is 0.869. The summed E-state index contributed by atoms with van der Waals surface area (Å²) in [7, 11) is 0. The minimum atomic E-state index is -0.509. The molecule has 24 heavy (non-hydrogen) atoms. The number of cyclic esters (lactones) is 1. The van der Waals surface area contributed by atoms with Gasteiger partial charge in [-0.1, -0.05) is 6.07 Å². The van der Waals surface area contributed by atoms with E-state index in [1.807, 2.05) is 0 Å². The molecule has 2 saturated heterocycles. The standard InChI is InChI=1S/C17H20FN3O3/c1-9(22)20-5-11-8-21(17(23)24-11)10-2-3-12(15(18)4-10)16-13-6-19-7-14(13)16/h2-4,11,13-14,16,19H,5-8H2,1H3,(H,20,22)/t11-,13-,14+,16?/m0/s1. The minimum Gasteiger partial charge on any atom is -0.442 e. The number of carbonyl (C=O) groups is 2. The third-order valence-corrected chi connectivity index (χ3v) is 5.20. The molecule has 2 aliphatic heterocycles. The van der Waals surface area contributed by atoms with E-state index in [-0.39, 0.29) is 18.3 Å². The van der Waals surface area contributed by atoms with E-state index in [9.17, 15) is 14.0 Å². The molecule has 1 aromatic rings. The third kappa shape index (κ3) is 2.62. The molecule has 4 rings (SSSR count). The van der Waals surface area contributed by atoms with E-state index in [1.54, 1.807) is 12.1 Å². The van der Waals surface area contributed by atoms with Crippen LogP contribution in [0.4, 0.5) is 14.9 Å². The lowest BCUT2D eigenvalue weighted by Gasteiger charge is -2.15. The highest BCUT2D eigenvalue weighted by molar-refractivity contribution is 5.89. The number of ether oxygens (including phenoxy) is 1. The SMILES string of the molecule is CC(=O)NC[C@H]1CN(c2ccc(C3[C@H]4CNC[C@@H]34)c(F)c2)C(=O)O1. The molecule has 1 unspecified atom stereocenters. The van der Waals surface area contributed by atoms with E-state index in [4.69, 9.17) is 4.74 Å². The van der Waals surface area contributed by atoms with Crippen LogP contribution in [-0.2, 0) is 9.53 Å². The summed E-state index contributed by atoms with van der Waals surface area (Å²) in [6, 6.07) is 4.99. The van der Waals surface area contributed by atoms with Crippen molar-refractivity contribution in [2.24, 2.45) is 11.8 Å². The van der Waals surface area contributed by atoms with Crippen molar-refractivity contribution in [1.82, 2.24) is 10.6 Å². The van der Waals surface area contributed by atoms with Crippen molar-refractivity contribution in [2.75, 3.05) is 31.1 Å². The lowest BCUT2D eigenvalue weighted by atomic mass is 10.1. The number of benzene rings is 1. The van der Waals surface area contributed by atoms with Crippen molar-refractivity contribution < 1.29 is 18.7 Å². The molecule has 0 spiro atoms. The summed E-state index contributed by atoms with van der Waals surface area (Å²) in [4.78, 5) is 24.4. The first-order valence-corrected chi connectivity index (χ1v) is 8.27. The average Bonchev–Trinajstić information content (AvgIpc) is 2.88. The van der Waals surface area contributed by atoms with Gasteiger partial charge in [-0.15, -0.1) is 0 Å². The zero-order valence-corrected chi connectivity index (χ0v) is 13.4. The fourth-order valence-corrected chi connectivity index (χ4v) is 3.93. The first-order chi connectivity index (χ1) is 11.5. The topological polar surface area (TPSA) is 70.7 Å². The van der Waals surface area contributed by atoms with Gasteiger partial charge in [0.05, 0.1) is 18.8 Å². The molecule has 0 bridgehead atoms. The molecular weight excluding hydrogens is 313 g/mol. The summed E-state index contributed by atoms with van der Waals surface area (Å²) >= 11 is 0. The Bertz CT molecular complexity index is 686. The number of hydrogen-bond donors (Lipinski definition) is 2. The van der Waals surface area contributed by atoms with Gasteiger partial charge in [-0.3, -0.25) is 9.69 Å². The molecule has 2 N–H and O–H groups in total. The fraction of sp³-hybridized carbons (Fsp3) is 0.529. The molecule has 1 aliphatic carbocycles. The molecule has 0 aromatic heterocycles. The zero-order chi connectivity index (χ0) is 16.8. The number of nitrogens with one attached hydrogen (secondary N) is 2. The van der Waals surface area contributed by atoms with Gasteiger partial charge in [0.15, 0.2) is 0 Å². The maximum Gasteiger partial charge on any atom is 0.414 e. The maximum absolute atomic E-state index is 14.5. The van der Waals surface area contributed by atoms with E-state index in [0.29, 0.717) is 30.0 Å². The number of halogens is 1. The highest BCUT2D eigenvalue weighted by Gasteiger charge is 2.54. The van der Waals surface area contributed by atoms with Gasteiger partial charge in [-0.2, -0.15) is 0 Å². The zero-order valence-electron chi connectivity index (χ0n) is 13.4. The number of rotatable bonds is 4. The first kappa shape index (κ1) is 15.4. The smallest absolute Gasteiger partial charge is 0.414 e. The van der Waals surface area contributed by atoms with Crippen molar-refractivity contribution in [1.29, 1.82) is 0 Å².